The van der Waals surface area contributed by atoms with E-state index in [1.165, 1.54) is 24.4 Å². The van der Waals surface area contributed by atoms with Crippen molar-refractivity contribution in [3.8, 4) is 5.75 Å². The fourth-order valence-electron chi connectivity index (χ4n) is 1.59. The quantitative estimate of drug-likeness (QED) is 0.513. The van der Waals surface area contributed by atoms with Gasteiger partial charge in [0.25, 0.3) is 5.91 Å². The highest BCUT2D eigenvalue weighted by atomic mass is 79.9. The monoisotopic (exact) mass is 496 g/mol. The van der Waals surface area contributed by atoms with Crippen molar-refractivity contribution in [3.05, 3.63) is 32.0 Å². The summed E-state index contributed by atoms with van der Waals surface area (Å²) >= 11 is 7.46. The van der Waals surface area contributed by atoms with E-state index in [9.17, 15) is 18.0 Å². The number of esters is 1. The molecule has 2 aromatic rings. The second-order valence-electron chi connectivity index (χ2n) is 4.57. The molecule has 0 aliphatic rings. The maximum Gasteiger partial charge on any atom is 0.308 e. The average molecular weight is 498 g/mol. The fraction of sp³-hybridized carbons (Fsp3) is 0.154. The summed E-state index contributed by atoms with van der Waals surface area (Å²) in [7, 11) is -3.43. The highest BCUT2D eigenvalue weighted by Gasteiger charge is 2.18. The standard InChI is InChI=1S/C13H10Br2N2O5S2/c1-6(18)22-10-4-8(14)7(3-9(10)15)12(19)17-13-16-11(5-23-13)24(2,20)21/h3-5H,1-2H3,(H,16,17,19). The van der Waals surface area contributed by atoms with Crippen LogP contribution in [0.25, 0.3) is 0 Å². The zero-order chi connectivity index (χ0) is 18.1. The van der Waals surface area contributed by atoms with Crippen LogP contribution in [-0.4, -0.2) is 31.5 Å². The van der Waals surface area contributed by atoms with E-state index in [0.717, 1.165) is 17.6 Å². The van der Waals surface area contributed by atoms with Crippen LogP contribution in [0.4, 0.5) is 5.13 Å². The van der Waals surface area contributed by atoms with E-state index < -0.39 is 21.7 Å². The Hall–Kier alpha value is -1.30. The number of aromatic nitrogens is 1. The van der Waals surface area contributed by atoms with Crippen molar-refractivity contribution in [1.29, 1.82) is 0 Å². The molecule has 7 nitrogen and oxygen atoms in total. The lowest BCUT2D eigenvalue weighted by Crippen LogP contribution is -2.13. The van der Waals surface area contributed by atoms with Gasteiger partial charge in [0, 0.05) is 23.0 Å². The first-order chi connectivity index (χ1) is 11.1. The SMILES string of the molecule is CC(=O)Oc1cc(Br)c(C(=O)Nc2nc(S(C)(=O)=O)cs2)cc1Br. The molecule has 128 valence electrons. The third-order valence-corrected chi connectivity index (χ3v) is 5.76. The van der Waals surface area contributed by atoms with E-state index >= 15 is 0 Å². The van der Waals surface area contributed by atoms with Crippen LogP contribution in [0.1, 0.15) is 17.3 Å². The highest BCUT2D eigenvalue weighted by Crippen LogP contribution is 2.32. The van der Waals surface area contributed by atoms with Crippen LogP contribution in [0, 0.1) is 0 Å². The van der Waals surface area contributed by atoms with Crippen LogP contribution in [0.2, 0.25) is 0 Å². The van der Waals surface area contributed by atoms with E-state index in [-0.39, 0.29) is 21.5 Å². The van der Waals surface area contributed by atoms with Crippen molar-refractivity contribution in [2.75, 3.05) is 11.6 Å². The lowest BCUT2D eigenvalue weighted by atomic mass is 10.2. The largest absolute Gasteiger partial charge is 0.425 e. The Morgan fingerprint density at radius 1 is 1.25 bits per heavy atom. The Bertz CT molecular complexity index is 924. The topological polar surface area (TPSA) is 102 Å². The Morgan fingerprint density at radius 2 is 1.92 bits per heavy atom. The lowest BCUT2D eigenvalue weighted by molar-refractivity contribution is -0.131. The van der Waals surface area contributed by atoms with Crippen LogP contribution in [0.5, 0.6) is 5.75 Å². The average Bonchev–Trinajstić information content (AvgIpc) is 2.90. The van der Waals surface area contributed by atoms with Gasteiger partial charge in [-0.15, -0.1) is 11.3 Å². The molecule has 1 amide bonds. The minimum atomic E-state index is -3.43. The molecular weight excluding hydrogens is 488 g/mol. The normalized spacial score (nSPS) is 11.2. The van der Waals surface area contributed by atoms with Crippen molar-refractivity contribution < 1.29 is 22.7 Å². The third-order valence-electron chi connectivity index (χ3n) is 2.60. The first kappa shape index (κ1) is 19.0. The van der Waals surface area contributed by atoms with Crippen molar-refractivity contribution in [3.63, 3.8) is 0 Å². The molecule has 0 unspecified atom stereocenters. The van der Waals surface area contributed by atoms with Gasteiger partial charge in [0.05, 0.1) is 10.0 Å². The number of sulfone groups is 1. The second kappa shape index (κ2) is 7.30. The van der Waals surface area contributed by atoms with Crippen molar-refractivity contribution in [2.45, 2.75) is 11.9 Å². The van der Waals surface area contributed by atoms with Gasteiger partial charge >= 0.3 is 5.97 Å². The number of carbonyl (C=O) groups excluding carboxylic acids is 2. The Labute approximate surface area is 158 Å². The van der Waals surface area contributed by atoms with Gasteiger partial charge in [-0.2, -0.15) is 0 Å². The molecule has 0 spiro atoms. The zero-order valence-corrected chi connectivity index (χ0v) is 17.1. The van der Waals surface area contributed by atoms with E-state index in [4.69, 9.17) is 4.74 Å². The summed E-state index contributed by atoms with van der Waals surface area (Å²) in [6, 6.07) is 2.95. The minimum absolute atomic E-state index is 0.103. The molecule has 2 rings (SSSR count). The van der Waals surface area contributed by atoms with Crippen LogP contribution in [0.3, 0.4) is 0 Å². The summed E-state index contributed by atoms with van der Waals surface area (Å²) in [5.41, 5.74) is 0.258. The zero-order valence-electron chi connectivity index (χ0n) is 12.3. The van der Waals surface area contributed by atoms with Crippen LogP contribution in [0.15, 0.2) is 31.5 Å². The molecular formula is C13H10Br2N2O5S2. The lowest BCUT2D eigenvalue weighted by Gasteiger charge is -2.09. The molecule has 0 atom stereocenters. The number of anilines is 1. The molecule has 1 heterocycles. The fourth-order valence-corrected chi connectivity index (χ4v) is 4.24. The molecule has 0 radical (unpaired) electrons. The van der Waals surface area contributed by atoms with Gasteiger partial charge in [-0.1, -0.05) is 0 Å². The number of carbonyl (C=O) groups is 2. The van der Waals surface area contributed by atoms with Crippen molar-refractivity contribution >= 4 is 70.0 Å². The number of rotatable bonds is 4. The summed E-state index contributed by atoms with van der Waals surface area (Å²) in [5, 5.41) is 3.93. The smallest absolute Gasteiger partial charge is 0.308 e. The first-order valence-corrected chi connectivity index (χ1v) is 10.6. The van der Waals surface area contributed by atoms with Gasteiger partial charge < -0.3 is 4.74 Å². The maximum absolute atomic E-state index is 12.3. The molecule has 11 heteroatoms. The van der Waals surface area contributed by atoms with E-state index in [2.05, 4.69) is 42.2 Å². The number of ether oxygens (including phenoxy) is 1. The number of nitrogens with zero attached hydrogens (tertiary/aromatic N) is 1. The second-order valence-corrected chi connectivity index (χ2v) is 9.10. The van der Waals surface area contributed by atoms with Crippen LogP contribution >= 0.6 is 43.2 Å². The summed E-state index contributed by atoms with van der Waals surface area (Å²) < 4.78 is 28.6. The summed E-state index contributed by atoms with van der Waals surface area (Å²) in [4.78, 5) is 27.2. The first-order valence-electron chi connectivity index (χ1n) is 6.22. The minimum Gasteiger partial charge on any atom is -0.425 e. The number of halogens is 2. The Morgan fingerprint density at radius 3 is 2.46 bits per heavy atom. The van der Waals surface area contributed by atoms with Gasteiger partial charge in [-0.05, 0) is 44.0 Å². The summed E-state index contributed by atoms with van der Waals surface area (Å²) in [5.74, 6) is -0.721. The van der Waals surface area contributed by atoms with E-state index in [1.54, 1.807) is 0 Å². The summed E-state index contributed by atoms with van der Waals surface area (Å²) in [6.07, 6.45) is 1.04. The predicted molar refractivity (Wildman–Crippen MR) is 96.3 cm³/mol. The molecule has 0 fully saturated rings. The molecule has 24 heavy (non-hydrogen) atoms. The number of nitrogens with one attached hydrogen (secondary N) is 1. The van der Waals surface area contributed by atoms with Gasteiger partial charge in [0.15, 0.2) is 20.0 Å². The van der Waals surface area contributed by atoms with Crippen LogP contribution in [-0.2, 0) is 14.6 Å². The van der Waals surface area contributed by atoms with E-state index in [0.29, 0.717) is 8.95 Å². The third kappa shape index (κ3) is 4.62. The molecule has 0 bridgehead atoms. The number of hydrogen-bond donors (Lipinski definition) is 1. The van der Waals surface area contributed by atoms with Crippen molar-refractivity contribution in [1.82, 2.24) is 4.98 Å². The Kier molecular flexibility index (Phi) is 5.78. The number of thiazole rings is 1. The van der Waals surface area contributed by atoms with Gasteiger partial charge in [-0.25, -0.2) is 13.4 Å². The van der Waals surface area contributed by atoms with E-state index in [1.807, 2.05) is 0 Å². The predicted octanol–water partition coefficient (Wildman–Crippen LogP) is 3.25. The molecule has 0 saturated heterocycles. The molecule has 0 aliphatic carbocycles. The van der Waals surface area contributed by atoms with Gasteiger partial charge in [0.2, 0.25) is 0 Å². The highest BCUT2D eigenvalue weighted by molar-refractivity contribution is 9.11. The Balaban J connectivity index is 2.25. The van der Waals surface area contributed by atoms with Crippen molar-refractivity contribution in [2.24, 2.45) is 0 Å². The van der Waals surface area contributed by atoms with Gasteiger partial charge in [-0.3, -0.25) is 14.9 Å². The molecule has 1 aromatic carbocycles. The number of hydrogen-bond acceptors (Lipinski definition) is 7. The molecule has 0 saturated carbocycles. The molecule has 1 N–H and O–H groups in total. The molecule has 1 aromatic heterocycles. The van der Waals surface area contributed by atoms with Crippen LogP contribution < -0.4 is 10.1 Å². The maximum atomic E-state index is 12.3. The molecule has 0 aliphatic heterocycles. The van der Waals surface area contributed by atoms with Gasteiger partial charge in [0.1, 0.15) is 5.75 Å². The number of amides is 1. The summed E-state index contributed by atoms with van der Waals surface area (Å²) in [6.45, 7) is 1.27. The number of benzene rings is 1.